The first-order chi connectivity index (χ1) is 14.5. The molecule has 1 heterocycles. The molecule has 4 rings (SSSR count). The average Bonchev–Trinajstić information content (AvgIpc) is 3.05. The standard InChI is InChI=1S/C24H20BrN3O2/c1-16-6-5-9-19(14-16)23(29)26-21-22(18-7-3-2-4-8-18)28(27-24(21)30)15-17-10-12-20(25)13-11-17/h2-15,21-22H,1H3,(H-,26,27,29,30)/p+1/b28-15-/t21-,22-/m1/s1. The maximum Gasteiger partial charge on any atom is 0.304 e. The van der Waals surface area contributed by atoms with E-state index < -0.39 is 6.04 Å². The van der Waals surface area contributed by atoms with Crippen LogP contribution >= 0.6 is 15.9 Å². The highest BCUT2D eigenvalue weighted by molar-refractivity contribution is 9.10. The molecule has 1 aliphatic rings. The lowest BCUT2D eigenvalue weighted by Gasteiger charge is -2.15. The van der Waals surface area contributed by atoms with Crippen molar-refractivity contribution in [2.24, 2.45) is 0 Å². The van der Waals surface area contributed by atoms with Crippen LogP contribution in [0.25, 0.3) is 0 Å². The van der Waals surface area contributed by atoms with Crippen LogP contribution in [0.1, 0.15) is 33.1 Å². The summed E-state index contributed by atoms with van der Waals surface area (Å²) in [6.07, 6.45) is 1.88. The van der Waals surface area contributed by atoms with Gasteiger partial charge in [-0.3, -0.25) is 9.59 Å². The number of carbonyl (C=O) groups excluding carboxylic acids is 2. The van der Waals surface area contributed by atoms with Crippen molar-refractivity contribution in [3.63, 3.8) is 0 Å². The number of hydrazone groups is 1. The maximum absolute atomic E-state index is 12.9. The summed E-state index contributed by atoms with van der Waals surface area (Å²) < 4.78 is 2.75. The van der Waals surface area contributed by atoms with Gasteiger partial charge in [-0.25, -0.2) is 0 Å². The van der Waals surface area contributed by atoms with Crippen LogP contribution in [0.15, 0.2) is 83.3 Å². The third-order valence-electron chi connectivity index (χ3n) is 5.00. The van der Waals surface area contributed by atoms with E-state index >= 15 is 0 Å². The van der Waals surface area contributed by atoms with Gasteiger partial charge in [0.15, 0.2) is 6.04 Å². The van der Waals surface area contributed by atoms with Gasteiger partial charge in [0.25, 0.3) is 5.91 Å². The van der Waals surface area contributed by atoms with Gasteiger partial charge in [0, 0.05) is 21.2 Å². The first kappa shape index (κ1) is 20.0. The molecule has 1 aliphatic heterocycles. The highest BCUT2D eigenvalue weighted by Crippen LogP contribution is 2.25. The number of nitrogens with zero attached hydrogens (tertiary/aromatic N) is 1. The molecule has 30 heavy (non-hydrogen) atoms. The third kappa shape index (κ3) is 4.33. The molecular formula is C24H21BrN3O2+. The van der Waals surface area contributed by atoms with Gasteiger partial charge in [-0.05, 0) is 43.3 Å². The molecule has 0 bridgehead atoms. The Kier molecular flexibility index (Phi) is 5.77. The molecule has 0 saturated carbocycles. The molecule has 5 nitrogen and oxygen atoms in total. The number of nitrogens with one attached hydrogen (secondary N) is 2. The summed E-state index contributed by atoms with van der Waals surface area (Å²) in [4.78, 5) is 25.7. The number of carbonyl (C=O) groups is 2. The minimum Gasteiger partial charge on any atom is -0.334 e. The second-order valence-corrected chi connectivity index (χ2v) is 8.16. The van der Waals surface area contributed by atoms with Gasteiger partial charge in [-0.15, -0.1) is 10.1 Å². The van der Waals surface area contributed by atoms with E-state index in [0.717, 1.165) is 21.2 Å². The average molecular weight is 463 g/mol. The fourth-order valence-corrected chi connectivity index (χ4v) is 3.82. The van der Waals surface area contributed by atoms with E-state index in [4.69, 9.17) is 0 Å². The Balaban J connectivity index is 1.69. The highest BCUT2D eigenvalue weighted by Gasteiger charge is 2.47. The van der Waals surface area contributed by atoms with E-state index in [1.807, 2.05) is 85.9 Å². The van der Waals surface area contributed by atoms with Gasteiger partial charge in [-0.2, -0.15) is 0 Å². The van der Waals surface area contributed by atoms with Crippen molar-refractivity contribution in [1.82, 2.24) is 10.7 Å². The fraction of sp³-hybridized carbons (Fsp3) is 0.125. The van der Waals surface area contributed by atoms with E-state index in [-0.39, 0.29) is 17.9 Å². The van der Waals surface area contributed by atoms with Crippen molar-refractivity contribution < 1.29 is 14.3 Å². The molecule has 6 heteroatoms. The molecule has 0 aliphatic carbocycles. The van der Waals surface area contributed by atoms with E-state index in [1.54, 1.807) is 10.8 Å². The highest BCUT2D eigenvalue weighted by atomic mass is 79.9. The Bertz CT molecular complexity index is 1110. The second kappa shape index (κ2) is 8.63. The summed E-state index contributed by atoms with van der Waals surface area (Å²) in [6, 6.07) is 23.7. The van der Waals surface area contributed by atoms with E-state index in [0.29, 0.717) is 5.56 Å². The molecule has 3 aromatic rings. The Morgan fingerprint density at radius 1 is 1.03 bits per heavy atom. The van der Waals surface area contributed by atoms with Crippen LogP contribution in [-0.2, 0) is 4.79 Å². The molecule has 2 atom stereocenters. The van der Waals surface area contributed by atoms with Crippen LogP contribution in [0.4, 0.5) is 0 Å². The molecule has 2 N–H and O–H groups in total. The molecule has 2 amide bonds. The lowest BCUT2D eigenvalue weighted by molar-refractivity contribution is -0.596. The van der Waals surface area contributed by atoms with Crippen molar-refractivity contribution in [2.45, 2.75) is 19.0 Å². The number of hydrogen-bond acceptors (Lipinski definition) is 2. The van der Waals surface area contributed by atoms with Crippen molar-refractivity contribution >= 4 is 34.0 Å². The Morgan fingerprint density at radius 3 is 2.47 bits per heavy atom. The van der Waals surface area contributed by atoms with Crippen molar-refractivity contribution in [3.05, 3.63) is 106 Å². The molecule has 150 valence electrons. The number of halogens is 1. The zero-order chi connectivity index (χ0) is 21.1. The molecule has 1 fully saturated rings. The number of benzene rings is 3. The zero-order valence-electron chi connectivity index (χ0n) is 16.4. The van der Waals surface area contributed by atoms with Crippen molar-refractivity contribution in [2.75, 3.05) is 0 Å². The second-order valence-electron chi connectivity index (χ2n) is 7.24. The molecule has 0 unspecified atom stereocenters. The normalized spacial score (nSPS) is 19.5. The molecule has 1 saturated heterocycles. The number of aryl methyl sites for hydroxylation is 1. The van der Waals surface area contributed by atoms with Crippen molar-refractivity contribution in [1.29, 1.82) is 0 Å². The summed E-state index contributed by atoms with van der Waals surface area (Å²) in [5, 5.41) is 2.93. The molecule has 0 aromatic heterocycles. The molecule has 0 radical (unpaired) electrons. The lowest BCUT2D eigenvalue weighted by atomic mass is 9.99. The van der Waals surface area contributed by atoms with Crippen LogP contribution in [0, 0.1) is 6.92 Å². The van der Waals surface area contributed by atoms with Crippen LogP contribution in [-0.4, -0.2) is 28.8 Å². The largest absolute Gasteiger partial charge is 0.334 e. The van der Waals surface area contributed by atoms with E-state index in [9.17, 15) is 9.59 Å². The van der Waals surface area contributed by atoms with Crippen LogP contribution in [0.2, 0.25) is 0 Å². The number of hydrogen-bond donors (Lipinski definition) is 2. The minimum absolute atomic E-state index is 0.252. The fourth-order valence-electron chi connectivity index (χ4n) is 3.55. The SMILES string of the molecule is Cc1cccc(C(=O)N[C@H]2C(=O)N/[N+](=C\c3ccc(Br)cc3)[C@@H]2c2ccccc2)c1. The van der Waals surface area contributed by atoms with Gasteiger partial charge >= 0.3 is 5.91 Å². The van der Waals surface area contributed by atoms with E-state index in [2.05, 4.69) is 26.7 Å². The zero-order valence-corrected chi connectivity index (χ0v) is 18.0. The Labute approximate surface area is 183 Å². The van der Waals surface area contributed by atoms with Gasteiger partial charge < -0.3 is 5.32 Å². The van der Waals surface area contributed by atoms with Gasteiger partial charge in [0.1, 0.15) is 0 Å². The summed E-state index contributed by atoms with van der Waals surface area (Å²) in [5.74, 6) is -0.525. The maximum atomic E-state index is 12.9. The van der Waals surface area contributed by atoms with Crippen LogP contribution in [0.5, 0.6) is 0 Å². The summed E-state index contributed by atoms with van der Waals surface area (Å²) >= 11 is 3.44. The molecular weight excluding hydrogens is 442 g/mol. The lowest BCUT2D eigenvalue weighted by Crippen LogP contribution is -2.42. The summed E-state index contributed by atoms with van der Waals surface area (Å²) in [5.41, 5.74) is 6.28. The Hall–Kier alpha value is -3.25. The Morgan fingerprint density at radius 2 is 1.77 bits per heavy atom. The third-order valence-corrected chi connectivity index (χ3v) is 5.53. The molecule has 0 spiro atoms. The first-order valence-electron chi connectivity index (χ1n) is 9.63. The smallest absolute Gasteiger partial charge is 0.304 e. The number of rotatable bonds is 4. The summed E-state index contributed by atoms with van der Waals surface area (Å²) in [7, 11) is 0. The quantitative estimate of drug-likeness (QED) is 0.579. The first-order valence-corrected chi connectivity index (χ1v) is 10.4. The summed E-state index contributed by atoms with van der Waals surface area (Å²) in [6.45, 7) is 1.93. The van der Waals surface area contributed by atoms with Crippen LogP contribution < -0.4 is 10.7 Å². The van der Waals surface area contributed by atoms with Gasteiger partial charge in [-0.1, -0.05) is 64.0 Å². The number of hydrazine groups is 1. The predicted octanol–water partition coefficient (Wildman–Crippen LogP) is 3.77. The topological polar surface area (TPSA) is 61.2 Å². The van der Waals surface area contributed by atoms with Crippen LogP contribution in [0.3, 0.4) is 0 Å². The minimum atomic E-state index is -0.730. The number of amides is 2. The monoisotopic (exact) mass is 462 g/mol. The van der Waals surface area contributed by atoms with Gasteiger partial charge in [0.05, 0.1) is 0 Å². The predicted molar refractivity (Wildman–Crippen MR) is 119 cm³/mol. The van der Waals surface area contributed by atoms with E-state index in [1.165, 1.54) is 0 Å². The van der Waals surface area contributed by atoms with Gasteiger partial charge in [0.2, 0.25) is 12.3 Å². The molecule has 3 aromatic carbocycles. The van der Waals surface area contributed by atoms with Crippen molar-refractivity contribution in [3.8, 4) is 0 Å².